The summed E-state index contributed by atoms with van der Waals surface area (Å²) in [5, 5.41) is 2.25. The number of hydrogen-bond donors (Lipinski definition) is 0. The van der Waals surface area contributed by atoms with E-state index in [1.54, 1.807) is 0 Å². The van der Waals surface area contributed by atoms with Crippen molar-refractivity contribution in [3.05, 3.63) is 216 Å². The number of hydrogen-bond acceptors (Lipinski definition) is 4. The van der Waals surface area contributed by atoms with Gasteiger partial charge in [-0.3, -0.25) is 0 Å². The molecule has 0 radical (unpaired) electrons. The number of rotatable bonds is 4. The molecular formula is C53H32N2OS. The van der Waals surface area contributed by atoms with Crippen LogP contribution in [0.5, 0.6) is 0 Å². The summed E-state index contributed by atoms with van der Waals surface area (Å²) in [6, 6.07) is 69.5. The van der Waals surface area contributed by atoms with E-state index in [1.165, 1.54) is 43.2 Å². The third-order valence-electron chi connectivity index (χ3n) is 11.8. The molecule has 1 aliphatic carbocycles. The van der Waals surface area contributed by atoms with Crippen LogP contribution in [0.4, 0.5) is 0 Å². The highest BCUT2D eigenvalue weighted by Crippen LogP contribution is 2.62. The van der Waals surface area contributed by atoms with Crippen LogP contribution in [0.25, 0.3) is 78.1 Å². The van der Waals surface area contributed by atoms with Crippen LogP contribution in [0, 0.1) is 0 Å². The van der Waals surface area contributed by atoms with Gasteiger partial charge in [0.1, 0.15) is 11.2 Å². The van der Waals surface area contributed by atoms with Gasteiger partial charge in [-0.25, -0.2) is 9.97 Å². The SMILES string of the molecule is c1ccc(-c2cc(-c3ccc(-c4cccc5c4oc4ccccc45)cc3)nc(-c3ccc4c(c3)C3(c5ccccc5S4)c4ccccc4-c4ccccc43)n2)cc1. The molecule has 3 heterocycles. The first-order valence-corrected chi connectivity index (χ1v) is 20.1. The van der Waals surface area contributed by atoms with E-state index in [0.717, 1.165) is 61.1 Å². The van der Waals surface area contributed by atoms with Crippen molar-refractivity contribution in [2.45, 2.75) is 15.2 Å². The highest BCUT2D eigenvalue weighted by molar-refractivity contribution is 7.99. The van der Waals surface area contributed by atoms with Crippen molar-refractivity contribution in [1.82, 2.24) is 9.97 Å². The Bertz CT molecular complexity index is 3170. The number of fused-ring (bicyclic) bond motifs is 12. The van der Waals surface area contributed by atoms with E-state index in [4.69, 9.17) is 14.4 Å². The molecule has 2 aromatic heterocycles. The van der Waals surface area contributed by atoms with Crippen molar-refractivity contribution in [3.8, 4) is 56.2 Å². The number of furan rings is 1. The molecule has 266 valence electrons. The Balaban J connectivity index is 1.03. The van der Waals surface area contributed by atoms with Gasteiger partial charge in [0.2, 0.25) is 0 Å². The van der Waals surface area contributed by atoms with Crippen molar-refractivity contribution >= 4 is 33.7 Å². The first-order chi connectivity index (χ1) is 28.2. The monoisotopic (exact) mass is 744 g/mol. The average Bonchev–Trinajstić information content (AvgIpc) is 3.81. The number of nitrogens with zero attached hydrogens (tertiary/aromatic N) is 2. The molecule has 0 saturated carbocycles. The third-order valence-corrected chi connectivity index (χ3v) is 12.9. The molecule has 0 N–H and O–H groups in total. The Hall–Kier alpha value is -7.01. The maximum Gasteiger partial charge on any atom is 0.160 e. The molecule has 57 heavy (non-hydrogen) atoms. The standard InChI is InChI=1S/C53H32N2OS/c1-2-13-34(14-3-1)46-32-47(35-27-25-33(26-28-35)37-18-12-19-41-40-17-6-10-23-48(40)56-51(37)41)55-52(54-46)36-29-30-50-45(31-36)53(44-22-9-11-24-49(44)57-50)42-20-7-4-15-38(42)39-16-5-8-21-43(39)53/h1-32H. The highest BCUT2D eigenvalue weighted by atomic mass is 32.2. The fourth-order valence-corrected chi connectivity index (χ4v) is 10.4. The minimum absolute atomic E-state index is 0.473. The molecule has 4 heteroatoms. The summed E-state index contributed by atoms with van der Waals surface area (Å²) in [5.74, 6) is 0.698. The van der Waals surface area contributed by atoms with E-state index < -0.39 is 5.41 Å². The Morgan fingerprint density at radius 3 is 1.72 bits per heavy atom. The summed E-state index contributed by atoms with van der Waals surface area (Å²) < 4.78 is 6.39. The van der Waals surface area contributed by atoms with Gasteiger partial charge < -0.3 is 4.42 Å². The summed E-state index contributed by atoms with van der Waals surface area (Å²) in [7, 11) is 0. The van der Waals surface area contributed by atoms with E-state index in [1.807, 2.05) is 30.0 Å². The third kappa shape index (κ3) is 4.81. The Kier molecular flexibility index (Phi) is 7.08. The largest absolute Gasteiger partial charge is 0.455 e. The first kappa shape index (κ1) is 32.3. The van der Waals surface area contributed by atoms with Crippen LogP contribution >= 0.6 is 11.8 Å². The van der Waals surface area contributed by atoms with Crippen molar-refractivity contribution in [2.75, 3.05) is 0 Å². The number of para-hydroxylation sites is 2. The van der Waals surface area contributed by atoms with E-state index in [9.17, 15) is 0 Å². The zero-order valence-electron chi connectivity index (χ0n) is 30.7. The maximum atomic E-state index is 6.39. The lowest BCUT2D eigenvalue weighted by Gasteiger charge is -2.39. The summed E-state index contributed by atoms with van der Waals surface area (Å²) in [5.41, 5.74) is 16.1. The zero-order valence-corrected chi connectivity index (χ0v) is 31.5. The van der Waals surface area contributed by atoms with Crippen molar-refractivity contribution in [3.63, 3.8) is 0 Å². The fraction of sp³-hybridized carbons (Fsp3) is 0.0189. The van der Waals surface area contributed by atoms with Gasteiger partial charge in [0.05, 0.1) is 16.8 Å². The second-order valence-corrected chi connectivity index (χ2v) is 15.9. The lowest BCUT2D eigenvalue weighted by Crippen LogP contribution is -2.32. The molecule has 1 aliphatic heterocycles. The lowest BCUT2D eigenvalue weighted by molar-refractivity contribution is 0.670. The number of benzene rings is 8. The average molecular weight is 745 g/mol. The van der Waals surface area contributed by atoms with Crippen LogP contribution < -0.4 is 0 Å². The first-order valence-electron chi connectivity index (χ1n) is 19.3. The van der Waals surface area contributed by atoms with Gasteiger partial charge in [-0.05, 0) is 69.3 Å². The van der Waals surface area contributed by atoms with Gasteiger partial charge in [-0.2, -0.15) is 0 Å². The van der Waals surface area contributed by atoms with Crippen LogP contribution in [-0.2, 0) is 5.41 Å². The molecule has 0 amide bonds. The van der Waals surface area contributed by atoms with Crippen LogP contribution in [-0.4, -0.2) is 9.97 Å². The lowest BCUT2D eigenvalue weighted by atomic mass is 9.67. The summed E-state index contributed by atoms with van der Waals surface area (Å²) in [6.07, 6.45) is 0. The van der Waals surface area contributed by atoms with Gasteiger partial charge in [-0.1, -0.05) is 176 Å². The molecule has 0 bridgehead atoms. The molecule has 1 spiro atoms. The van der Waals surface area contributed by atoms with E-state index in [0.29, 0.717) is 5.82 Å². The van der Waals surface area contributed by atoms with Gasteiger partial charge in [0.15, 0.2) is 5.82 Å². The van der Waals surface area contributed by atoms with E-state index >= 15 is 0 Å². The Morgan fingerprint density at radius 2 is 0.947 bits per heavy atom. The maximum absolute atomic E-state index is 6.39. The zero-order chi connectivity index (χ0) is 37.5. The van der Waals surface area contributed by atoms with Gasteiger partial charge in [-0.15, -0.1) is 0 Å². The normalized spacial score (nSPS) is 13.3. The van der Waals surface area contributed by atoms with Gasteiger partial charge in [0.25, 0.3) is 0 Å². The molecular weight excluding hydrogens is 713 g/mol. The van der Waals surface area contributed by atoms with Crippen LogP contribution in [0.3, 0.4) is 0 Å². The second kappa shape index (κ2) is 12.5. The predicted octanol–water partition coefficient (Wildman–Crippen LogP) is 13.9. The molecule has 0 atom stereocenters. The van der Waals surface area contributed by atoms with Crippen molar-refractivity contribution in [2.24, 2.45) is 0 Å². The highest BCUT2D eigenvalue weighted by Gasteiger charge is 2.50. The van der Waals surface area contributed by atoms with E-state index in [2.05, 4.69) is 176 Å². The smallest absolute Gasteiger partial charge is 0.160 e. The van der Waals surface area contributed by atoms with Crippen molar-refractivity contribution in [1.29, 1.82) is 0 Å². The van der Waals surface area contributed by atoms with Gasteiger partial charge >= 0.3 is 0 Å². The second-order valence-electron chi connectivity index (χ2n) is 14.8. The fourth-order valence-electron chi connectivity index (χ4n) is 9.27. The molecule has 0 fully saturated rings. The van der Waals surface area contributed by atoms with Gasteiger partial charge in [0, 0.05) is 42.8 Å². The minimum Gasteiger partial charge on any atom is -0.455 e. The molecule has 0 saturated heterocycles. The molecule has 0 unspecified atom stereocenters. The van der Waals surface area contributed by atoms with Crippen LogP contribution in [0.1, 0.15) is 22.3 Å². The van der Waals surface area contributed by atoms with E-state index in [-0.39, 0.29) is 0 Å². The summed E-state index contributed by atoms with van der Waals surface area (Å²) in [4.78, 5) is 13.2. The molecule has 12 rings (SSSR count). The quantitative estimate of drug-likeness (QED) is 0.180. The minimum atomic E-state index is -0.473. The topological polar surface area (TPSA) is 38.9 Å². The number of aromatic nitrogens is 2. The van der Waals surface area contributed by atoms with Crippen LogP contribution in [0.15, 0.2) is 208 Å². The summed E-state index contributed by atoms with van der Waals surface area (Å²) in [6.45, 7) is 0. The molecule has 2 aliphatic rings. The molecule has 8 aromatic carbocycles. The Morgan fingerprint density at radius 1 is 0.386 bits per heavy atom. The predicted molar refractivity (Wildman–Crippen MR) is 232 cm³/mol. The summed E-state index contributed by atoms with van der Waals surface area (Å²) >= 11 is 1.85. The molecule has 10 aromatic rings. The molecule has 3 nitrogen and oxygen atoms in total. The van der Waals surface area contributed by atoms with Crippen molar-refractivity contribution < 1.29 is 4.42 Å². The Labute approximate surface area is 334 Å². The van der Waals surface area contributed by atoms with Crippen LogP contribution in [0.2, 0.25) is 0 Å².